The van der Waals surface area contributed by atoms with Crippen LogP contribution >= 0.6 is 27.3 Å². The van der Waals surface area contributed by atoms with Gasteiger partial charge in [0.1, 0.15) is 0 Å². The number of anilines is 1. The van der Waals surface area contributed by atoms with Crippen LogP contribution < -0.4 is 4.90 Å². The average Bonchev–Trinajstić information content (AvgIpc) is 2.53. The van der Waals surface area contributed by atoms with Gasteiger partial charge in [-0.2, -0.15) is 0 Å². The zero-order chi connectivity index (χ0) is 9.26. The Hall–Kier alpha value is -0.160. The molecule has 0 aliphatic carbocycles. The van der Waals surface area contributed by atoms with Gasteiger partial charge in [-0.1, -0.05) is 11.3 Å². The van der Waals surface area contributed by atoms with E-state index in [0.29, 0.717) is 6.04 Å². The fraction of sp³-hybridized carbons (Fsp3) is 0.750. The summed E-state index contributed by atoms with van der Waals surface area (Å²) in [5, 5.41) is 9.16. The van der Waals surface area contributed by atoms with E-state index in [1.807, 2.05) is 0 Å². The van der Waals surface area contributed by atoms with Crippen molar-refractivity contribution in [2.75, 3.05) is 11.4 Å². The monoisotopic (exact) mass is 261 g/mol. The first-order chi connectivity index (χ1) is 6.27. The van der Waals surface area contributed by atoms with Crippen LogP contribution in [0.2, 0.25) is 0 Å². The smallest absolute Gasteiger partial charge is 0.209 e. The van der Waals surface area contributed by atoms with E-state index >= 15 is 0 Å². The lowest BCUT2D eigenvalue weighted by Crippen LogP contribution is -2.37. The Kier molecular flexibility index (Phi) is 2.83. The topological polar surface area (TPSA) is 29.0 Å². The van der Waals surface area contributed by atoms with E-state index < -0.39 is 0 Å². The Morgan fingerprint density at radius 2 is 2.31 bits per heavy atom. The normalized spacial score (nSPS) is 23.5. The molecule has 1 aromatic rings. The van der Waals surface area contributed by atoms with Crippen LogP contribution in [0.4, 0.5) is 5.13 Å². The molecule has 1 aliphatic rings. The molecular weight excluding hydrogens is 250 g/mol. The first-order valence-corrected chi connectivity index (χ1v) is 6.14. The summed E-state index contributed by atoms with van der Waals surface area (Å²) in [6.45, 7) is 3.39. The summed E-state index contributed by atoms with van der Waals surface area (Å²) in [5.74, 6) is 0. The first-order valence-electron chi connectivity index (χ1n) is 4.53. The predicted octanol–water partition coefficient (Wildman–Crippen LogP) is 2.68. The second kappa shape index (κ2) is 3.92. The molecule has 0 aromatic carbocycles. The van der Waals surface area contributed by atoms with Gasteiger partial charge in [-0.3, -0.25) is 0 Å². The lowest BCUT2D eigenvalue weighted by molar-refractivity contribution is 0.483. The Morgan fingerprint density at radius 1 is 1.46 bits per heavy atom. The SMILES string of the molecule is CC1CCCCN1c1nnc(Br)s1. The Labute approximate surface area is 90.3 Å². The van der Waals surface area contributed by atoms with Crippen LogP contribution in [0.25, 0.3) is 0 Å². The molecule has 0 bridgehead atoms. The molecular formula is C8H12BrN3S. The Bertz CT molecular complexity index is 289. The van der Waals surface area contributed by atoms with E-state index in [1.54, 1.807) is 11.3 Å². The van der Waals surface area contributed by atoms with Gasteiger partial charge >= 0.3 is 0 Å². The van der Waals surface area contributed by atoms with Crippen LogP contribution in [0.5, 0.6) is 0 Å². The predicted molar refractivity (Wildman–Crippen MR) is 58.3 cm³/mol. The number of aromatic nitrogens is 2. The molecule has 1 saturated heterocycles. The minimum Gasteiger partial charge on any atom is -0.344 e. The van der Waals surface area contributed by atoms with Gasteiger partial charge in [0, 0.05) is 12.6 Å². The van der Waals surface area contributed by atoms with Gasteiger partial charge in [0.05, 0.1) is 0 Å². The molecule has 5 heteroatoms. The van der Waals surface area contributed by atoms with E-state index in [0.717, 1.165) is 15.6 Å². The number of halogens is 1. The molecule has 0 N–H and O–H groups in total. The molecule has 72 valence electrons. The minimum absolute atomic E-state index is 0.619. The van der Waals surface area contributed by atoms with Crippen molar-refractivity contribution in [2.45, 2.75) is 32.2 Å². The summed E-state index contributed by atoms with van der Waals surface area (Å²) in [5.41, 5.74) is 0. The highest BCUT2D eigenvalue weighted by molar-refractivity contribution is 9.11. The van der Waals surface area contributed by atoms with Crippen LogP contribution in [-0.4, -0.2) is 22.8 Å². The quantitative estimate of drug-likeness (QED) is 0.779. The lowest BCUT2D eigenvalue weighted by Gasteiger charge is -2.32. The molecule has 1 unspecified atom stereocenters. The second-order valence-corrected chi connectivity index (χ2v) is 5.61. The van der Waals surface area contributed by atoms with Gasteiger partial charge in [0.15, 0.2) is 3.92 Å². The standard InChI is InChI=1S/C8H12BrN3S/c1-6-4-2-3-5-12(6)8-11-10-7(9)13-8/h6H,2-5H2,1H3. The maximum Gasteiger partial charge on any atom is 0.209 e. The zero-order valence-electron chi connectivity index (χ0n) is 7.53. The molecule has 0 radical (unpaired) electrons. The average molecular weight is 262 g/mol. The number of nitrogens with zero attached hydrogens (tertiary/aromatic N) is 3. The van der Waals surface area contributed by atoms with E-state index in [1.165, 1.54) is 19.3 Å². The van der Waals surface area contributed by atoms with Crippen molar-refractivity contribution < 1.29 is 0 Å². The number of rotatable bonds is 1. The van der Waals surface area contributed by atoms with Gasteiger partial charge in [-0.15, -0.1) is 10.2 Å². The molecule has 1 aromatic heterocycles. The summed E-state index contributed by atoms with van der Waals surface area (Å²) in [7, 11) is 0. The molecule has 0 amide bonds. The Morgan fingerprint density at radius 3 is 2.92 bits per heavy atom. The summed E-state index contributed by atoms with van der Waals surface area (Å²) >= 11 is 4.96. The largest absolute Gasteiger partial charge is 0.344 e. The second-order valence-electron chi connectivity index (χ2n) is 3.38. The van der Waals surface area contributed by atoms with E-state index in [9.17, 15) is 0 Å². The fourth-order valence-corrected chi connectivity index (χ4v) is 2.91. The third-order valence-electron chi connectivity index (χ3n) is 2.44. The van der Waals surface area contributed by atoms with E-state index in [4.69, 9.17) is 0 Å². The summed E-state index contributed by atoms with van der Waals surface area (Å²) in [6, 6.07) is 0.619. The minimum atomic E-state index is 0.619. The fourth-order valence-electron chi connectivity index (χ4n) is 1.70. The first kappa shape index (κ1) is 9.40. The molecule has 2 rings (SSSR count). The molecule has 1 aliphatic heterocycles. The highest BCUT2D eigenvalue weighted by Gasteiger charge is 2.21. The molecule has 0 spiro atoms. The van der Waals surface area contributed by atoms with Crippen molar-refractivity contribution in [2.24, 2.45) is 0 Å². The van der Waals surface area contributed by atoms with Crippen molar-refractivity contribution in [1.29, 1.82) is 0 Å². The third-order valence-corrected chi connectivity index (χ3v) is 3.83. The maximum absolute atomic E-state index is 4.14. The van der Waals surface area contributed by atoms with Crippen molar-refractivity contribution in [3.63, 3.8) is 0 Å². The summed E-state index contributed by atoms with van der Waals surface area (Å²) < 4.78 is 0.875. The molecule has 0 saturated carbocycles. The Balaban J connectivity index is 2.14. The maximum atomic E-state index is 4.14. The third kappa shape index (κ3) is 2.02. The number of hydrogen-bond donors (Lipinski definition) is 0. The molecule has 1 atom stereocenters. The van der Waals surface area contributed by atoms with Gasteiger partial charge in [-0.05, 0) is 42.1 Å². The number of hydrogen-bond acceptors (Lipinski definition) is 4. The summed E-state index contributed by atoms with van der Waals surface area (Å²) in [4.78, 5) is 2.35. The van der Waals surface area contributed by atoms with Crippen LogP contribution in [0, 0.1) is 0 Å². The summed E-state index contributed by atoms with van der Waals surface area (Å²) in [6.07, 6.45) is 3.90. The molecule has 2 heterocycles. The van der Waals surface area contributed by atoms with Crippen molar-refractivity contribution in [1.82, 2.24) is 10.2 Å². The highest BCUT2D eigenvalue weighted by atomic mass is 79.9. The van der Waals surface area contributed by atoms with Gasteiger partial charge < -0.3 is 4.90 Å². The van der Waals surface area contributed by atoms with Crippen LogP contribution in [0.15, 0.2) is 3.92 Å². The van der Waals surface area contributed by atoms with Gasteiger partial charge in [-0.25, -0.2) is 0 Å². The van der Waals surface area contributed by atoms with Crippen molar-refractivity contribution in [3.8, 4) is 0 Å². The van der Waals surface area contributed by atoms with Gasteiger partial charge in [0.2, 0.25) is 5.13 Å². The van der Waals surface area contributed by atoms with Gasteiger partial charge in [0.25, 0.3) is 0 Å². The van der Waals surface area contributed by atoms with Crippen molar-refractivity contribution >= 4 is 32.4 Å². The van der Waals surface area contributed by atoms with Crippen LogP contribution in [0.1, 0.15) is 26.2 Å². The molecule has 1 fully saturated rings. The number of piperidine rings is 1. The lowest BCUT2D eigenvalue weighted by atomic mass is 10.1. The molecule has 13 heavy (non-hydrogen) atoms. The molecule has 3 nitrogen and oxygen atoms in total. The van der Waals surface area contributed by atoms with Crippen LogP contribution in [-0.2, 0) is 0 Å². The van der Waals surface area contributed by atoms with Crippen LogP contribution in [0.3, 0.4) is 0 Å². The van der Waals surface area contributed by atoms with E-state index in [2.05, 4.69) is 38.0 Å². The zero-order valence-corrected chi connectivity index (χ0v) is 9.94. The van der Waals surface area contributed by atoms with E-state index in [-0.39, 0.29) is 0 Å². The highest BCUT2D eigenvalue weighted by Crippen LogP contribution is 2.29. The van der Waals surface area contributed by atoms with Crippen molar-refractivity contribution in [3.05, 3.63) is 3.92 Å².